The molecule has 5 nitrogen and oxygen atoms in total. The molecule has 0 bridgehead atoms. The summed E-state index contributed by atoms with van der Waals surface area (Å²) in [4.78, 5) is 10.2. The third-order valence-corrected chi connectivity index (χ3v) is 3.08. The maximum Gasteiger partial charge on any atom is 0.269 e. The SMILES string of the molecule is CC/C(Cc1ccccc1)=N/Nc1ccc([N+](=O)[O-])cc1. The Kier molecular flexibility index (Phi) is 5.04. The van der Waals surface area contributed by atoms with Crippen LogP contribution in [0.4, 0.5) is 11.4 Å². The highest BCUT2D eigenvalue weighted by Gasteiger charge is 2.04. The van der Waals surface area contributed by atoms with Gasteiger partial charge in [-0.05, 0) is 24.1 Å². The van der Waals surface area contributed by atoms with Gasteiger partial charge in [0.2, 0.25) is 0 Å². The molecule has 0 radical (unpaired) electrons. The predicted molar refractivity (Wildman–Crippen MR) is 84.6 cm³/mol. The number of nitrogens with zero attached hydrogens (tertiary/aromatic N) is 2. The van der Waals surface area contributed by atoms with Crippen LogP contribution in [-0.2, 0) is 6.42 Å². The minimum absolute atomic E-state index is 0.0736. The highest BCUT2D eigenvalue weighted by Crippen LogP contribution is 2.15. The van der Waals surface area contributed by atoms with E-state index in [-0.39, 0.29) is 5.69 Å². The Labute approximate surface area is 123 Å². The van der Waals surface area contributed by atoms with E-state index in [9.17, 15) is 10.1 Å². The molecule has 0 amide bonds. The summed E-state index contributed by atoms with van der Waals surface area (Å²) in [6, 6.07) is 16.4. The lowest BCUT2D eigenvalue weighted by Crippen LogP contribution is -2.05. The van der Waals surface area contributed by atoms with Gasteiger partial charge in [0.05, 0.1) is 10.6 Å². The summed E-state index contributed by atoms with van der Waals surface area (Å²) in [5, 5.41) is 15.0. The molecule has 0 aliphatic heterocycles. The van der Waals surface area contributed by atoms with Gasteiger partial charge in [0, 0.05) is 24.3 Å². The molecule has 0 aromatic heterocycles. The average molecular weight is 283 g/mol. The molecule has 1 N–H and O–H groups in total. The van der Waals surface area contributed by atoms with Gasteiger partial charge in [0.1, 0.15) is 0 Å². The van der Waals surface area contributed by atoms with Crippen LogP contribution in [0.25, 0.3) is 0 Å². The van der Waals surface area contributed by atoms with Gasteiger partial charge in [-0.15, -0.1) is 0 Å². The number of non-ortho nitro benzene ring substituents is 1. The molecule has 0 saturated heterocycles. The van der Waals surface area contributed by atoms with Gasteiger partial charge in [0.25, 0.3) is 5.69 Å². The minimum Gasteiger partial charge on any atom is -0.279 e. The maximum absolute atomic E-state index is 10.6. The third kappa shape index (κ3) is 4.42. The molecule has 2 rings (SSSR count). The van der Waals surface area contributed by atoms with E-state index >= 15 is 0 Å². The predicted octanol–water partition coefficient (Wildman–Crippen LogP) is 4.02. The van der Waals surface area contributed by atoms with Crippen molar-refractivity contribution >= 4 is 17.1 Å². The topological polar surface area (TPSA) is 67.5 Å². The molecule has 0 fully saturated rings. The van der Waals surface area contributed by atoms with Gasteiger partial charge in [-0.1, -0.05) is 37.3 Å². The van der Waals surface area contributed by atoms with Crippen molar-refractivity contribution in [2.24, 2.45) is 5.10 Å². The summed E-state index contributed by atoms with van der Waals surface area (Å²) in [5.74, 6) is 0. The number of nitrogens with one attached hydrogen (secondary N) is 1. The first kappa shape index (κ1) is 14.7. The van der Waals surface area contributed by atoms with Gasteiger partial charge in [-0.25, -0.2) is 0 Å². The molecule has 2 aromatic carbocycles. The molecule has 0 aliphatic carbocycles. The van der Waals surface area contributed by atoms with E-state index in [1.165, 1.54) is 17.7 Å². The molecule has 0 aliphatic rings. The molecule has 0 heterocycles. The van der Waals surface area contributed by atoms with E-state index in [0.717, 1.165) is 24.2 Å². The second-order valence-electron chi connectivity index (χ2n) is 4.61. The molecule has 0 saturated carbocycles. The van der Waals surface area contributed by atoms with E-state index in [2.05, 4.69) is 29.6 Å². The highest BCUT2D eigenvalue weighted by atomic mass is 16.6. The Hall–Kier alpha value is -2.69. The van der Waals surface area contributed by atoms with E-state index in [1.54, 1.807) is 12.1 Å². The van der Waals surface area contributed by atoms with Crippen molar-refractivity contribution in [3.05, 3.63) is 70.3 Å². The quantitative estimate of drug-likeness (QED) is 0.494. The fourth-order valence-electron chi connectivity index (χ4n) is 1.88. The van der Waals surface area contributed by atoms with Crippen LogP contribution in [0.5, 0.6) is 0 Å². The normalized spacial score (nSPS) is 11.2. The van der Waals surface area contributed by atoms with Crippen molar-refractivity contribution in [1.29, 1.82) is 0 Å². The Morgan fingerprint density at radius 3 is 2.38 bits per heavy atom. The van der Waals surface area contributed by atoms with Gasteiger partial charge >= 0.3 is 0 Å². The van der Waals surface area contributed by atoms with Crippen molar-refractivity contribution in [3.63, 3.8) is 0 Å². The average Bonchev–Trinajstić information content (AvgIpc) is 2.52. The number of hydrogen-bond donors (Lipinski definition) is 1. The van der Waals surface area contributed by atoms with Crippen molar-refractivity contribution in [2.45, 2.75) is 19.8 Å². The summed E-state index contributed by atoms with van der Waals surface area (Å²) in [7, 11) is 0. The summed E-state index contributed by atoms with van der Waals surface area (Å²) >= 11 is 0. The zero-order valence-corrected chi connectivity index (χ0v) is 11.8. The van der Waals surface area contributed by atoms with E-state index in [0.29, 0.717) is 0 Å². The van der Waals surface area contributed by atoms with Crippen molar-refractivity contribution in [3.8, 4) is 0 Å². The summed E-state index contributed by atoms with van der Waals surface area (Å²) in [6.07, 6.45) is 1.63. The van der Waals surface area contributed by atoms with E-state index in [1.807, 2.05) is 18.2 Å². The molecule has 2 aromatic rings. The van der Waals surface area contributed by atoms with Gasteiger partial charge in [-0.2, -0.15) is 5.10 Å². The van der Waals surface area contributed by atoms with Crippen molar-refractivity contribution < 1.29 is 4.92 Å². The van der Waals surface area contributed by atoms with Crippen molar-refractivity contribution in [1.82, 2.24) is 0 Å². The standard InChI is InChI=1S/C16H17N3O2/c1-2-14(12-13-6-4-3-5-7-13)17-18-15-8-10-16(11-9-15)19(20)21/h3-11,18H,2,12H2,1H3/b17-14-. The fraction of sp³-hybridized carbons (Fsp3) is 0.188. The van der Waals surface area contributed by atoms with Gasteiger partial charge in [-0.3, -0.25) is 15.5 Å². The lowest BCUT2D eigenvalue weighted by Gasteiger charge is -2.06. The molecular formula is C16H17N3O2. The largest absolute Gasteiger partial charge is 0.279 e. The Morgan fingerprint density at radius 1 is 1.14 bits per heavy atom. The highest BCUT2D eigenvalue weighted by molar-refractivity contribution is 5.86. The van der Waals surface area contributed by atoms with Gasteiger partial charge in [0.15, 0.2) is 0 Å². The Morgan fingerprint density at radius 2 is 1.81 bits per heavy atom. The molecule has 5 heteroatoms. The lowest BCUT2D eigenvalue weighted by molar-refractivity contribution is -0.384. The number of benzene rings is 2. The number of nitro benzene ring substituents is 1. The first-order valence-electron chi connectivity index (χ1n) is 6.79. The molecule has 0 atom stereocenters. The number of nitro groups is 1. The van der Waals surface area contributed by atoms with Crippen LogP contribution < -0.4 is 5.43 Å². The van der Waals surface area contributed by atoms with Crippen LogP contribution in [0.1, 0.15) is 18.9 Å². The second kappa shape index (κ2) is 7.19. The molecule has 0 spiro atoms. The van der Waals surface area contributed by atoms with Crippen LogP contribution in [0.2, 0.25) is 0 Å². The molecule has 108 valence electrons. The Bertz CT molecular complexity index is 622. The zero-order chi connectivity index (χ0) is 15.1. The summed E-state index contributed by atoms with van der Waals surface area (Å²) < 4.78 is 0. The monoisotopic (exact) mass is 283 g/mol. The second-order valence-corrected chi connectivity index (χ2v) is 4.61. The van der Waals surface area contributed by atoms with Crippen molar-refractivity contribution in [2.75, 3.05) is 5.43 Å². The van der Waals surface area contributed by atoms with E-state index in [4.69, 9.17) is 0 Å². The first-order valence-corrected chi connectivity index (χ1v) is 6.79. The minimum atomic E-state index is -0.417. The molecule has 0 unspecified atom stereocenters. The zero-order valence-electron chi connectivity index (χ0n) is 11.8. The third-order valence-electron chi connectivity index (χ3n) is 3.08. The number of anilines is 1. The fourth-order valence-corrected chi connectivity index (χ4v) is 1.88. The van der Waals surface area contributed by atoms with Crippen LogP contribution in [0.15, 0.2) is 59.7 Å². The van der Waals surface area contributed by atoms with Crippen LogP contribution >= 0.6 is 0 Å². The number of hydrazone groups is 1. The smallest absolute Gasteiger partial charge is 0.269 e. The number of rotatable bonds is 6. The van der Waals surface area contributed by atoms with Crippen LogP contribution in [0.3, 0.4) is 0 Å². The van der Waals surface area contributed by atoms with E-state index < -0.39 is 4.92 Å². The first-order chi connectivity index (χ1) is 10.2. The molecule has 21 heavy (non-hydrogen) atoms. The van der Waals surface area contributed by atoms with Crippen LogP contribution in [-0.4, -0.2) is 10.6 Å². The summed E-state index contributed by atoms with van der Waals surface area (Å²) in [5.41, 5.74) is 6.00. The number of hydrogen-bond acceptors (Lipinski definition) is 4. The van der Waals surface area contributed by atoms with Crippen LogP contribution in [0, 0.1) is 10.1 Å². The lowest BCUT2D eigenvalue weighted by atomic mass is 10.1. The maximum atomic E-state index is 10.6. The Balaban J connectivity index is 2.02. The molecular weight excluding hydrogens is 266 g/mol. The van der Waals surface area contributed by atoms with Gasteiger partial charge < -0.3 is 0 Å². The summed E-state index contributed by atoms with van der Waals surface area (Å²) in [6.45, 7) is 2.05.